The Bertz CT molecular complexity index is 545. The SMILES string of the molecule is Cc1cc(C(=O)Nc2cc(N)cc(F)c2)on1. The minimum Gasteiger partial charge on any atom is -0.399 e. The van der Waals surface area contributed by atoms with Gasteiger partial charge in [-0.15, -0.1) is 0 Å². The van der Waals surface area contributed by atoms with Crippen LogP contribution in [-0.4, -0.2) is 11.1 Å². The van der Waals surface area contributed by atoms with Crippen molar-refractivity contribution in [3.8, 4) is 0 Å². The lowest BCUT2D eigenvalue weighted by molar-refractivity contribution is 0.0988. The molecule has 6 heteroatoms. The zero-order chi connectivity index (χ0) is 12.4. The van der Waals surface area contributed by atoms with Gasteiger partial charge < -0.3 is 15.6 Å². The first-order chi connectivity index (χ1) is 8.04. The molecule has 0 saturated heterocycles. The van der Waals surface area contributed by atoms with Gasteiger partial charge in [-0.2, -0.15) is 0 Å². The summed E-state index contributed by atoms with van der Waals surface area (Å²) >= 11 is 0. The van der Waals surface area contributed by atoms with Crippen LogP contribution >= 0.6 is 0 Å². The number of hydrogen-bond donors (Lipinski definition) is 2. The van der Waals surface area contributed by atoms with E-state index in [1.54, 1.807) is 6.92 Å². The Balaban J connectivity index is 2.18. The molecule has 3 N–H and O–H groups in total. The van der Waals surface area contributed by atoms with Gasteiger partial charge in [0.25, 0.3) is 5.91 Å². The van der Waals surface area contributed by atoms with E-state index in [-0.39, 0.29) is 17.1 Å². The Morgan fingerprint density at radius 3 is 2.76 bits per heavy atom. The fourth-order valence-corrected chi connectivity index (χ4v) is 1.35. The van der Waals surface area contributed by atoms with E-state index in [4.69, 9.17) is 10.3 Å². The molecule has 1 heterocycles. The van der Waals surface area contributed by atoms with Gasteiger partial charge in [-0.05, 0) is 25.1 Å². The molecular formula is C11H10FN3O2. The summed E-state index contributed by atoms with van der Waals surface area (Å²) in [5.41, 5.74) is 6.54. The second-order valence-corrected chi connectivity index (χ2v) is 3.56. The van der Waals surface area contributed by atoms with Gasteiger partial charge >= 0.3 is 0 Å². The lowest BCUT2D eigenvalue weighted by Gasteiger charge is -2.03. The zero-order valence-corrected chi connectivity index (χ0v) is 9.03. The largest absolute Gasteiger partial charge is 0.399 e. The zero-order valence-electron chi connectivity index (χ0n) is 9.03. The molecule has 0 spiro atoms. The van der Waals surface area contributed by atoms with E-state index in [1.165, 1.54) is 12.1 Å². The van der Waals surface area contributed by atoms with Crippen LogP contribution in [0, 0.1) is 12.7 Å². The van der Waals surface area contributed by atoms with Crippen molar-refractivity contribution in [1.29, 1.82) is 0 Å². The van der Waals surface area contributed by atoms with Gasteiger partial charge in [0.05, 0.1) is 5.69 Å². The van der Waals surface area contributed by atoms with E-state index in [2.05, 4.69) is 10.5 Å². The highest BCUT2D eigenvalue weighted by Gasteiger charge is 2.12. The highest BCUT2D eigenvalue weighted by molar-refractivity contribution is 6.02. The van der Waals surface area contributed by atoms with E-state index >= 15 is 0 Å². The first kappa shape index (κ1) is 11.1. The third-order valence-electron chi connectivity index (χ3n) is 2.03. The summed E-state index contributed by atoms with van der Waals surface area (Å²) in [6, 6.07) is 5.26. The van der Waals surface area contributed by atoms with Crippen LogP contribution in [-0.2, 0) is 0 Å². The molecule has 17 heavy (non-hydrogen) atoms. The van der Waals surface area contributed by atoms with Crippen LogP contribution in [0.15, 0.2) is 28.8 Å². The number of rotatable bonds is 2. The molecule has 2 rings (SSSR count). The van der Waals surface area contributed by atoms with E-state index < -0.39 is 11.7 Å². The van der Waals surface area contributed by atoms with Crippen LogP contribution in [0.3, 0.4) is 0 Å². The number of aryl methyl sites for hydroxylation is 1. The van der Waals surface area contributed by atoms with Crippen LogP contribution in [0.25, 0.3) is 0 Å². The highest BCUT2D eigenvalue weighted by Crippen LogP contribution is 2.16. The molecule has 0 saturated carbocycles. The van der Waals surface area contributed by atoms with Gasteiger partial charge in [-0.3, -0.25) is 4.79 Å². The van der Waals surface area contributed by atoms with Gasteiger partial charge in [0, 0.05) is 17.4 Å². The number of halogens is 1. The number of nitrogens with one attached hydrogen (secondary N) is 1. The molecule has 1 amide bonds. The summed E-state index contributed by atoms with van der Waals surface area (Å²) in [5.74, 6) is -0.963. The summed E-state index contributed by atoms with van der Waals surface area (Å²) < 4.78 is 17.8. The Morgan fingerprint density at radius 1 is 1.41 bits per heavy atom. The molecular weight excluding hydrogens is 225 g/mol. The number of aromatic nitrogens is 1. The fourth-order valence-electron chi connectivity index (χ4n) is 1.35. The van der Waals surface area contributed by atoms with Crippen LogP contribution in [0.2, 0.25) is 0 Å². The van der Waals surface area contributed by atoms with E-state index in [0.717, 1.165) is 12.1 Å². The molecule has 0 aliphatic rings. The van der Waals surface area contributed by atoms with Gasteiger partial charge in [0.15, 0.2) is 0 Å². The summed E-state index contributed by atoms with van der Waals surface area (Å²) in [7, 11) is 0. The molecule has 0 radical (unpaired) electrons. The number of anilines is 2. The Hall–Kier alpha value is -2.37. The van der Waals surface area contributed by atoms with Gasteiger partial charge in [0.1, 0.15) is 5.82 Å². The number of amides is 1. The lowest BCUT2D eigenvalue weighted by atomic mass is 10.2. The van der Waals surface area contributed by atoms with Crippen molar-refractivity contribution in [2.75, 3.05) is 11.1 Å². The normalized spacial score (nSPS) is 10.2. The maximum absolute atomic E-state index is 13.0. The fraction of sp³-hybridized carbons (Fsp3) is 0.0909. The second kappa shape index (κ2) is 4.25. The van der Waals surface area contributed by atoms with Crippen LogP contribution < -0.4 is 11.1 Å². The maximum atomic E-state index is 13.0. The minimum absolute atomic E-state index is 0.0605. The van der Waals surface area contributed by atoms with E-state index in [0.29, 0.717) is 5.69 Å². The second-order valence-electron chi connectivity index (χ2n) is 3.56. The molecule has 0 unspecified atom stereocenters. The maximum Gasteiger partial charge on any atom is 0.294 e. The summed E-state index contributed by atoms with van der Waals surface area (Å²) in [6.07, 6.45) is 0. The molecule has 0 fully saturated rings. The number of benzene rings is 1. The topological polar surface area (TPSA) is 81.2 Å². The molecule has 0 atom stereocenters. The molecule has 0 bridgehead atoms. The monoisotopic (exact) mass is 235 g/mol. The standard InChI is InChI=1S/C11H10FN3O2/c1-6-2-10(17-15-6)11(16)14-9-4-7(12)3-8(13)5-9/h2-5H,13H2,1H3,(H,14,16). The molecule has 1 aromatic heterocycles. The van der Waals surface area contributed by atoms with Gasteiger partial charge in [-0.25, -0.2) is 4.39 Å². The van der Waals surface area contributed by atoms with Crippen molar-refractivity contribution in [3.63, 3.8) is 0 Å². The summed E-state index contributed by atoms with van der Waals surface area (Å²) in [6.45, 7) is 1.69. The highest BCUT2D eigenvalue weighted by atomic mass is 19.1. The van der Waals surface area contributed by atoms with Gasteiger partial charge in [0.2, 0.25) is 5.76 Å². The van der Waals surface area contributed by atoms with Crippen molar-refractivity contribution in [1.82, 2.24) is 5.16 Å². The van der Waals surface area contributed by atoms with Crippen molar-refractivity contribution in [2.24, 2.45) is 0 Å². The Morgan fingerprint density at radius 2 is 2.18 bits per heavy atom. The first-order valence-corrected chi connectivity index (χ1v) is 4.85. The third kappa shape index (κ3) is 2.60. The summed E-state index contributed by atoms with van der Waals surface area (Å²) in [5, 5.41) is 6.04. The molecule has 0 aliphatic heterocycles. The summed E-state index contributed by atoms with van der Waals surface area (Å²) in [4.78, 5) is 11.6. The first-order valence-electron chi connectivity index (χ1n) is 4.85. The average Bonchev–Trinajstić information content (AvgIpc) is 2.63. The number of hydrogen-bond acceptors (Lipinski definition) is 4. The third-order valence-corrected chi connectivity index (χ3v) is 2.03. The molecule has 0 aliphatic carbocycles. The van der Waals surface area contributed by atoms with Gasteiger partial charge in [-0.1, -0.05) is 5.16 Å². The van der Waals surface area contributed by atoms with E-state index in [1.807, 2.05) is 0 Å². The van der Waals surface area contributed by atoms with Crippen LogP contribution in [0.1, 0.15) is 16.2 Å². The van der Waals surface area contributed by atoms with Crippen LogP contribution in [0.5, 0.6) is 0 Å². The minimum atomic E-state index is -0.519. The van der Waals surface area contributed by atoms with Crippen molar-refractivity contribution < 1.29 is 13.7 Å². The lowest BCUT2D eigenvalue weighted by Crippen LogP contribution is -2.11. The van der Waals surface area contributed by atoms with Crippen LogP contribution in [0.4, 0.5) is 15.8 Å². The number of nitrogens with two attached hydrogens (primary N) is 1. The smallest absolute Gasteiger partial charge is 0.294 e. The van der Waals surface area contributed by atoms with Crippen molar-refractivity contribution in [2.45, 2.75) is 6.92 Å². The molecule has 1 aromatic carbocycles. The Labute approximate surface area is 96.4 Å². The Kier molecular flexibility index (Phi) is 2.78. The van der Waals surface area contributed by atoms with E-state index in [9.17, 15) is 9.18 Å². The molecule has 2 aromatic rings. The number of nitrogen functional groups attached to an aromatic ring is 1. The average molecular weight is 235 g/mol. The molecule has 88 valence electrons. The van der Waals surface area contributed by atoms with Crippen molar-refractivity contribution in [3.05, 3.63) is 41.5 Å². The number of carbonyl (C=O) groups excluding carboxylic acids is 1. The predicted octanol–water partition coefficient (Wildman–Crippen LogP) is 1.96. The van der Waals surface area contributed by atoms with Crippen molar-refractivity contribution >= 4 is 17.3 Å². The number of carbonyl (C=O) groups is 1. The molecule has 5 nitrogen and oxygen atoms in total. The quantitative estimate of drug-likeness (QED) is 0.779. The predicted molar refractivity (Wildman–Crippen MR) is 60.0 cm³/mol. The number of nitrogens with zero attached hydrogens (tertiary/aromatic N) is 1.